The Labute approximate surface area is 98.8 Å². The first kappa shape index (κ1) is 13.4. The van der Waals surface area contributed by atoms with Crippen LogP contribution in [0.3, 0.4) is 0 Å². The lowest BCUT2D eigenvalue weighted by atomic mass is 10.2. The molecule has 0 saturated carbocycles. The first-order chi connectivity index (χ1) is 7.45. The summed E-state index contributed by atoms with van der Waals surface area (Å²) in [6.07, 6.45) is -3.13. The van der Waals surface area contributed by atoms with Crippen molar-refractivity contribution in [3.63, 3.8) is 0 Å². The van der Waals surface area contributed by atoms with Gasteiger partial charge in [0.05, 0.1) is 12.3 Å². The standard InChI is InChI=1S/C9H10BrF3N2O/c10-6-1-2-7(15-5-6)8(9(11,12)13)14-3-4-16/h1-2,5,8,14,16H,3-4H2. The molecule has 0 amide bonds. The van der Waals surface area contributed by atoms with Crippen LogP contribution in [0.25, 0.3) is 0 Å². The second-order valence-corrected chi connectivity index (χ2v) is 3.97. The molecule has 0 aliphatic rings. The molecule has 16 heavy (non-hydrogen) atoms. The summed E-state index contributed by atoms with van der Waals surface area (Å²) in [5.41, 5.74) is -0.121. The molecule has 1 unspecified atom stereocenters. The van der Waals surface area contributed by atoms with E-state index < -0.39 is 12.2 Å². The summed E-state index contributed by atoms with van der Waals surface area (Å²) in [4.78, 5) is 3.69. The number of rotatable bonds is 4. The first-order valence-electron chi connectivity index (χ1n) is 4.47. The van der Waals surface area contributed by atoms with E-state index in [0.717, 1.165) is 0 Å². The van der Waals surface area contributed by atoms with Crippen molar-refractivity contribution in [1.29, 1.82) is 0 Å². The zero-order valence-corrected chi connectivity index (χ0v) is 9.72. The highest BCUT2D eigenvalue weighted by Crippen LogP contribution is 2.31. The van der Waals surface area contributed by atoms with Gasteiger partial charge in [-0.2, -0.15) is 13.2 Å². The van der Waals surface area contributed by atoms with Gasteiger partial charge in [-0.1, -0.05) is 0 Å². The quantitative estimate of drug-likeness (QED) is 0.894. The van der Waals surface area contributed by atoms with E-state index in [0.29, 0.717) is 4.47 Å². The van der Waals surface area contributed by atoms with E-state index in [9.17, 15) is 13.2 Å². The van der Waals surface area contributed by atoms with Crippen LogP contribution in [0.1, 0.15) is 11.7 Å². The summed E-state index contributed by atoms with van der Waals surface area (Å²) in [6, 6.07) is 0.918. The minimum absolute atomic E-state index is 0.121. The maximum atomic E-state index is 12.6. The van der Waals surface area contributed by atoms with Gasteiger partial charge in [0.25, 0.3) is 0 Å². The smallest absolute Gasteiger partial charge is 0.395 e. The van der Waals surface area contributed by atoms with E-state index in [1.54, 1.807) is 0 Å². The van der Waals surface area contributed by atoms with Crippen LogP contribution >= 0.6 is 15.9 Å². The van der Waals surface area contributed by atoms with E-state index >= 15 is 0 Å². The van der Waals surface area contributed by atoms with Gasteiger partial charge in [-0.15, -0.1) is 0 Å². The highest BCUT2D eigenvalue weighted by atomic mass is 79.9. The van der Waals surface area contributed by atoms with Gasteiger partial charge in [-0.25, -0.2) is 0 Å². The highest BCUT2D eigenvalue weighted by molar-refractivity contribution is 9.10. The fraction of sp³-hybridized carbons (Fsp3) is 0.444. The second kappa shape index (κ2) is 5.60. The van der Waals surface area contributed by atoms with Gasteiger partial charge in [0.15, 0.2) is 0 Å². The molecule has 1 aromatic rings. The van der Waals surface area contributed by atoms with Crippen LogP contribution in [0, 0.1) is 0 Å². The van der Waals surface area contributed by atoms with Crippen LogP contribution < -0.4 is 5.32 Å². The molecule has 3 nitrogen and oxygen atoms in total. The second-order valence-electron chi connectivity index (χ2n) is 3.05. The number of alkyl halides is 3. The molecule has 0 saturated heterocycles. The van der Waals surface area contributed by atoms with Crippen LogP contribution in [0.2, 0.25) is 0 Å². The van der Waals surface area contributed by atoms with Crippen molar-refractivity contribution in [3.05, 3.63) is 28.5 Å². The van der Waals surface area contributed by atoms with E-state index in [1.165, 1.54) is 18.3 Å². The van der Waals surface area contributed by atoms with Crippen molar-refractivity contribution in [2.24, 2.45) is 0 Å². The highest BCUT2D eigenvalue weighted by Gasteiger charge is 2.41. The Hall–Kier alpha value is -0.660. The summed E-state index contributed by atoms with van der Waals surface area (Å²) >= 11 is 3.09. The minimum Gasteiger partial charge on any atom is -0.395 e. The van der Waals surface area contributed by atoms with Crippen LogP contribution in [0.5, 0.6) is 0 Å². The Bertz CT molecular complexity index is 329. The van der Waals surface area contributed by atoms with Gasteiger partial charge in [0.2, 0.25) is 0 Å². The van der Waals surface area contributed by atoms with Crippen molar-refractivity contribution < 1.29 is 18.3 Å². The molecule has 2 N–H and O–H groups in total. The monoisotopic (exact) mass is 298 g/mol. The van der Waals surface area contributed by atoms with E-state index in [-0.39, 0.29) is 18.8 Å². The van der Waals surface area contributed by atoms with E-state index in [1.807, 2.05) is 0 Å². The maximum absolute atomic E-state index is 12.6. The Morgan fingerprint density at radius 2 is 2.12 bits per heavy atom. The van der Waals surface area contributed by atoms with Gasteiger partial charge >= 0.3 is 6.18 Å². The molecule has 1 heterocycles. The molecule has 1 atom stereocenters. The van der Waals surface area contributed by atoms with Crippen molar-refractivity contribution in [2.75, 3.05) is 13.2 Å². The number of hydrogen-bond acceptors (Lipinski definition) is 3. The van der Waals surface area contributed by atoms with Crippen molar-refractivity contribution >= 4 is 15.9 Å². The third-order valence-electron chi connectivity index (χ3n) is 1.83. The van der Waals surface area contributed by atoms with Crippen LogP contribution in [-0.4, -0.2) is 29.4 Å². The summed E-state index contributed by atoms with van der Waals surface area (Å²) in [5.74, 6) is 0. The molecular formula is C9H10BrF3N2O. The maximum Gasteiger partial charge on any atom is 0.409 e. The van der Waals surface area contributed by atoms with Gasteiger partial charge in [0, 0.05) is 17.2 Å². The van der Waals surface area contributed by atoms with Crippen molar-refractivity contribution in [2.45, 2.75) is 12.2 Å². The molecule has 0 bridgehead atoms. The normalized spacial score (nSPS) is 13.8. The average molecular weight is 299 g/mol. The molecule has 1 rings (SSSR count). The average Bonchev–Trinajstić information content (AvgIpc) is 2.19. The minimum atomic E-state index is -4.43. The summed E-state index contributed by atoms with van der Waals surface area (Å²) in [7, 11) is 0. The summed E-state index contributed by atoms with van der Waals surface area (Å²) < 4.78 is 38.5. The van der Waals surface area contributed by atoms with Crippen molar-refractivity contribution in [1.82, 2.24) is 10.3 Å². The van der Waals surface area contributed by atoms with Gasteiger partial charge < -0.3 is 5.11 Å². The van der Waals surface area contributed by atoms with E-state index in [4.69, 9.17) is 5.11 Å². The molecule has 0 fully saturated rings. The Kier molecular flexibility index (Phi) is 4.69. The van der Waals surface area contributed by atoms with Crippen molar-refractivity contribution in [3.8, 4) is 0 Å². The number of hydrogen-bond donors (Lipinski definition) is 2. The van der Waals surface area contributed by atoms with Gasteiger partial charge in [-0.3, -0.25) is 10.3 Å². The fourth-order valence-electron chi connectivity index (χ4n) is 1.15. The lowest BCUT2D eigenvalue weighted by Gasteiger charge is -2.20. The zero-order chi connectivity index (χ0) is 12.2. The molecule has 90 valence electrons. The molecular weight excluding hydrogens is 289 g/mol. The Morgan fingerprint density at radius 1 is 1.44 bits per heavy atom. The largest absolute Gasteiger partial charge is 0.409 e. The molecule has 1 aromatic heterocycles. The van der Waals surface area contributed by atoms with Gasteiger partial charge in [-0.05, 0) is 28.1 Å². The third-order valence-corrected chi connectivity index (χ3v) is 2.30. The Morgan fingerprint density at radius 3 is 2.56 bits per heavy atom. The molecule has 7 heteroatoms. The third kappa shape index (κ3) is 3.73. The number of halogens is 4. The summed E-state index contributed by atoms with van der Waals surface area (Å²) in [5, 5.41) is 10.7. The van der Waals surface area contributed by atoms with Crippen LogP contribution in [0.15, 0.2) is 22.8 Å². The van der Waals surface area contributed by atoms with Gasteiger partial charge in [0.1, 0.15) is 6.04 Å². The van der Waals surface area contributed by atoms with Crippen LogP contribution in [0.4, 0.5) is 13.2 Å². The molecule has 0 spiro atoms. The number of aliphatic hydroxyl groups excluding tert-OH is 1. The fourth-order valence-corrected chi connectivity index (χ4v) is 1.39. The topological polar surface area (TPSA) is 45.1 Å². The molecule has 0 aliphatic carbocycles. The lowest BCUT2D eigenvalue weighted by molar-refractivity contribution is -0.158. The predicted octanol–water partition coefficient (Wildman–Crippen LogP) is 2.03. The zero-order valence-electron chi connectivity index (χ0n) is 8.13. The SMILES string of the molecule is OCCNC(c1ccc(Br)cn1)C(F)(F)F. The number of aromatic nitrogens is 1. The summed E-state index contributed by atoms with van der Waals surface area (Å²) in [6.45, 7) is -0.495. The number of nitrogens with zero attached hydrogens (tertiary/aromatic N) is 1. The Balaban J connectivity index is 2.88. The van der Waals surface area contributed by atoms with Crippen LogP contribution in [-0.2, 0) is 0 Å². The molecule has 0 aliphatic heterocycles. The number of aliphatic hydroxyl groups is 1. The first-order valence-corrected chi connectivity index (χ1v) is 5.27. The molecule has 0 aromatic carbocycles. The molecule has 0 radical (unpaired) electrons. The number of nitrogens with one attached hydrogen (secondary N) is 1. The van der Waals surface area contributed by atoms with E-state index in [2.05, 4.69) is 26.2 Å². The predicted molar refractivity (Wildman–Crippen MR) is 55.8 cm³/mol. The lowest BCUT2D eigenvalue weighted by Crippen LogP contribution is -2.36. The number of pyridine rings is 1.